The molecule has 0 aromatic rings. The minimum atomic E-state index is 0.876. The second-order valence-corrected chi connectivity index (χ2v) is 13.8. The van der Waals surface area contributed by atoms with Gasteiger partial charge in [0.05, 0.1) is 0 Å². The van der Waals surface area contributed by atoms with E-state index in [4.69, 9.17) is 0 Å². The molecule has 0 N–H and O–H groups in total. The fourth-order valence-corrected chi connectivity index (χ4v) is 13.2. The Morgan fingerprint density at radius 2 is 0.469 bits per heavy atom. The van der Waals surface area contributed by atoms with Crippen LogP contribution in [0.25, 0.3) is 0 Å². The maximum Gasteiger partial charge on any atom is -0.0159 e. The van der Waals surface area contributed by atoms with Gasteiger partial charge < -0.3 is 0 Å². The lowest BCUT2D eigenvalue weighted by molar-refractivity contribution is -0.191. The molecule has 5 fully saturated rings. The minimum Gasteiger partial charge on any atom is -0.0848 e. The van der Waals surface area contributed by atoms with Crippen molar-refractivity contribution in [3.8, 4) is 0 Å². The van der Waals surface area contributed by atoms with Crippen molar-refractivity contribution in [1.29, 1.82) is 0 Å². The Labute approximate surface area is 193 Å². The summed E-state index contributed by atoms with van der Waals surface area (Å²) in [5.74, 6) is 16.7. The van der Waals surface area contributed by atoms with Crippen molar-refractivity contribution in [3.05, 3.63) is 60.8 Å². The van der Waals surface area contributed by atoms with E-state index in [-0.39, 0.29) is 0 Å². The van der Waals surface area contributed by atoms with Crippen molar-refractivity contribution < 1.29 is 0 Å². The second kappa shape index (κ2) is 5.50. The van der Waals surface area contributed by atoms with Gasteiger partial charge in [0.2, 0.25) is 0 Å². The maximum atomic E-state index is 2.80. The zero-order valence-electron chi connectivity index (χ0n) is 19.0. The van der Waals surface area contributed by atoms with E-state index in [1.54, 1.807) is 0 Å². The molecular weight excluding hydrogens is 384 g/mol. The van der Waals surface area contributed by atoms with Crippen molar-refractivity contribution in [2.75, 3.05) is 0 Å². The Hall–Kier alpha value is -1.30. The molecule has 0 aromatic carbocycles. The highest BCUT2D eigenvalue weighted by atomic mass is 14.7. The van der Waals surface area contributed by atoms with E-state index >= 15 is 0 Å². The first-order valence-corrected chi connectivity index (χ1v) is 14.3. The molecule has 0 nitrogen and oxygen atoms in total. The third kappa shape index (κ3) is 1.70. The van der Waals surface area contributed by atoms with Gasteiger partial charge in [-0.25, -0.2) is 0 Å². The third-order valence-corrected chi connectivity index (χ3v) is 13.6. The molecule has 164 valence electrons. The van der Waals surface area contributed by atoms with Gasteiger partial charge in [-0.15, -0.1) is 0 Å². The highest BCUT2D eigenvalue weighted by Gasteiger charge is 2.69. The fourth-order valence-electron chi connectivity index (χ4n) is 13.2. The summed E-state index contributed by atoms with van der Waals surface area (Å²) in [6.45, 7) is 0. The van der Waals surface area contributed by atoms with Crippen LogP contribution in [-0.2, 0) is 0 Å². The van der Waals surface area contributed by atoms with Gasteiger partial charge in [-0.05, 0) is 132 Å². The SMILES string of the molecule is C1=CC2[C@@H]3[C@@H]4C=C[C@H]([C@@H]3C1[C@@H]1[C@@H]3C=C[C@H]([C@H]21)[C@@H]1[C@H]3[C@@H]2C=C[C@H]1CC2)[C@@H]1[C@H]4[C@@H]2C=C[C@H]1CC2. The average molecular weight is 421 g/mol. The third-order valence-electron chi connectivity index (χ3n) is 13.6. The fraction of sp³-hybridized carbons (Fsp3) is 0.688. The first-order valence-electron chi connectivity index (χ1n) is 14.3. The average Bonchev–Trinajstić information content (AvgIpc) is 2.91. The molecule has 0 amide bonds. The van der Waals surface area contributed by atoms with Crippen molar-refractivity contribution in [2.45, 2.75) is 25.7 Å². The standard InChI is InChI=1S/C32H36/c1-2-16-4-3-15(1)25-19-9-10-20(26(16)25)30-24-14-13-23(29(19)30)31-21-11-12-22(32(24)31)28-18-7-5-17(6-8-18)27(21)28/h1-2,5,7,9-32H,3-4,6,8H2/t15-,16+,17+,18-,19-,20+,21+,22-,23?,24?,25+,26-,27-,28+,29+,30-,31-,32+. The quantitative estimate of drug-likeness (QED) is 0.390. The van der Waals surface area contributed by atoms with E-state index in [0.717, 1.165) is 107 Å². The number of allylic oxidation sites excluding steroid dienone is 10. The Morgan fingerprint density at radius 3 is 0.688 bits per heavy atom. The van der Waals surface area contributed by atoms with Crippen LogP contribution in [0.15, 0.2) is 60.8 Å². The molecule has 0 aromatic heterocycles. The van der Waals surface area contributed by atoms with E-state index in [2.05, 4.69) is 60.8 Å². The summed E-state index contributed by atoms with van der Waals surface area (Å²) in [4.78, 5) is 0. The van der Waals surface area contributed by atoms with E-state index in [9.17, 15) is 0 Å². The molecule has 0 heterocycles. The van der Waals surface area contributed by atoms with Gasteiger partial charge in [0, 0.05) is 0 Å². The topological polar surface area (TPSA) is 0 Å². The van der Waals surface area contributed by atoms with Gasteiger partial charge in [-0.1, -0.05) is 60.8 Å². The maximum absolute atomic E-state index is 2.80. The Balaban J connectivity index is 1.12. The molecule has 0 saturated heterocycles. The summed E-state index contributed by atoms with van der Waals surface area (Å²) in [6.07, 6.45) is 33.3. The molecule has 0 heteroatoms. The van der Waals surface area contributed by atoms with Crippen molar-refractivity contribution in [1.82, 2.24) is 0 Å². The highest BCUT2D eigenvalue weighted by Crippen LogP contribution is 2.74. The predicted molar refractivity (Wildman–Crippen MR) is 127 cm³/mol. The monoisotopic (exact) mass is 420 g/mol. The molecule has 5 saturated carbocycles. The largest absolute Gasteiger partial charge is 0.0848 e. The predicted octanol–water partition coefficient (Wildman–Crippen LogP) is 6.56. The molecule has 15 aliphatic rings. The normalized spacial score (nSPS) is 68.8. The Kier molecular flexibility index (Phi) is 2.95. The van der Waals surface area contributed by atoms with E-state index in [0.29, 0.717) is 0 Å². The summed E-state index contributed by atoms with van der Waals surface area (Å²) >= 11 is 0. The summed E-state index contributed by atoms with van der Waals surface area (Å²) in [5, 5.41) is 0. The zero-order chi connectivity index (χ0) is 20.3. The lowest BCUT2D eigenvalue weighted by Gasteiger charge is -2.73. The van der Waals surface area contributed by atoms with Crippen molar-refractivity contribution >= 4 is 0 Å². The van der Waals surface area contributed by atoms with Crippen LogP contribution in [-0.4, -0.2) is 0 Å². The van der Waals surface area contributed by atoms with Gasteiger partial charge in [-0.2, -0.15) is 0 Å². The highest BCUT2D eigenvalue weighted by molar-refractivity contribution is 5.35. The van der Waals surface area contributed by atoms with Crippen LogP contribution in [0, 0.1) is 107 Å². The molecular formula is C32H36. The van der Waals surface area contributed by atoms with Crippen LogP contribution >= 0.6 is 0 Å². The summed E-state index contributed by atoms with van der Waals surface area (Å²) in [6, 6.07) is 0. The van der Waals surface area contributed by atoms with Gasteiger partial charge >= 0.3 is 0 Å². The van der Waals surface area contributed by atoms with Gasteiger partial charge in [0.25, 0.3) is 0 Å². The van der Waals surface area contributed by atoms with Gasteiger partial charge in [0.1, 0.15) is 0 Å². The first-order chi connectivity index (χ1) is 15.9. The van der Waals surface area contributed by atoms with Crippen molar-refractivity contribution in [2.24, 2.45) is 107 Å². The van der Waals surface area contributed by atoms with E-state index in [1.807, 2.05) is 0 Å². The van der Waals surface area contributed by atoms with Gasteiger partial charge in [-0.3, -0.25) is 0 Å². The zero-order valence-corrected chi connectivity index (χ0v) is 19.0. The lowest BCUT2D eigenvalue weighted by Crippen LogP contribution is -2.68. The van der Waals surface area contributed by atoms with Crippen molar-refractivity contribution in [3.63, 3.8) is 0 Å². The minimum absolute atomic E-state index is 0.876. The molecule has 0 radical (unpaired) electrons. The molecule has 18 atom stereocenters. The molecule has 15 rings (SSSR count). The number of rotatable bonds is 0. The lowest BCUT2D eigenvalue weighted by atomic mass is 9.31. The Bertz CT molecular complexity index is 884. The van der Waals surface area contributed by atoms with Crippen LogP contribution in [0.4, 0.5) is 0 Å². The van der Waals surface area contributed by atoms with Crippen LogP contribution in [0.2, 0.25) is 0 Å². The van der Waals surface area contributed by atoms with Crippen LogP contribution in [0.3, 0.4) is 0 Å². The summed E-state index contributed by atoms with van der Waals surface area (Å²) < 4.78 is 0. The molecule has 0 aliphatic heterocycles. The molecule has 15 aliphatic carbocycles. The first kappa shape index (κ1) is 17.2. The molecule has 10 bridgehead atoms. The van der Waals surface area contributed by atoms with Crippen LogP contribution in [0.5, 0.6) is 0 Å². The van der Waals surface area contributed by atoms with E-state index in [1.165, 1.54) is 25.7 Å². The van der Waals surface area contributed by atoms with Crippen LogP contribution in [0.1, 0.15) is 25.7 Å². The number of hydrogen-bond donors (Lipinski definition) is 0. The molecule has 2 unspecified atom stereocenters. The summed E-state index contributed by atoms with van der Waals surface area (Å²) in [7, 11) is 0. The smallest absolute Gasteiger partial charge is 0.0159 e. The summed E-state index contributed by atoms with van der Waals surface area (Å²) in [5.41, 5.74) is 0. The second-order valence-electron chi connectivity index (χ2n) is 13.8. The van der Waals surface area contributed by atoms with Crippen LogP contribution < -0.4 is 0 Å². The Morgan fingerprint density at radius 1 is 0.250 bits per heavy atom. The number of fused-ring (bicyclic) bond motifs is 2. The molecule has 0 spiro atoms. The van der Waals surface area contributed by atoms with E-state index < -0.39 is 0 Å². The number of hydrogen-bond acceptors (Lipinski definition) is 0. The van der Waals surface area contributed by atoms with Gasteiger partial charge in [0.15, 0.2) is 0 Å². The molecule has 32 heavy (non-hydrogen) atoms.